The van der Waals surface area contributed by atoms with Crippen molar-refractivity contribution >= 4 is 32.3 Å². The van der Waals surface area contributed by atoms with Crippen LogP contribution < -0.4 is 0 Å². The van der Waals surface area contributed by atoms with Crippen LogP contribution in [0.5, 0.6) is 0 Å². The Bertz CT molecular complexity index is 512. The third-order valence-corrected chi connectivity index (χ3v) is 2.63. The van der Waals surface area contributed by atoms with Crippen LogP contribution in [0.2, 0.25) is 0 Å². The van der Waals surface area contributed by atoms with Crippen LogP contribution in [0.4, 0.5) is 11.4 Å². The molecule has 0 saturated carbocycles. The molecule has 0 aliphatic rings. The van der Waals surface area contributed by atoms with E-state index < -0.39 is 0 Å². The Morgan fingerprint density at radius 3 is 1.29 bits per heavy atom. The molecule has 2 aromatic rings. The Morgan fingerprint density at radius 2 is 1.00 bits per heavy atom. The fourth-order valence-corrected chi connectivity index (χ4v) is 1.55. The van der Waals surface area contributed by atoms with Gasteiger partial charge in [-0.3, -0.25) is 9.98 Å². The molecule has 114 valence electrons. The molecule has 2 aromatic carbocycles. The molecule has 21 heavy (non-hydrogen) atoms. The van der Waals surface area contributed by atoms with Crippen LogP contribution in [0.25, 0.3) is 0 Å². The first-order valence-corrected chi connectivity index (χ1v) is 8.09. The molecule has 0 aliphatic heterocycles. The Morgan fingerprint density at radius 1 is 0.714 bits per heavy atom. The molecule has 0 heterocycles. The number of benzene rings is 2. The fraction of sp³-hybridized carbons (Fsp3) is 0.118. The quantitative estimate of drug-likeness (QED) is 0.363. The van der Waals surface area contributed by atoms with Gasteiger partial charge in [0.25, 0.3) is 0 Å². The first kappa shape index (κ1) is 19.7. The maximum atomic E-state index is 4.54. The van der Waals surface area contributed by atoms with Gasteiger partial charge in [-0.05, 0) is 38.1 Å². The summed E-state index contributed by atoms with van der Waals surface area (Å²) >= 11 is 2.22. The van der Waals surface area contributed by atoms with Crippen molar-refractivity contribution in [3.05, 3.63) is 68.1 Å². The molecule has 0 amide bonds. The van der Waals surface area contributed by atoms with E-state index in [1.807, 2.05) is 74.5 Å². The summed E-state index contributed by atoms with van der Waals surface area (Å²) in [4.78, 5) is 9.08. The van der Waals surface area contributed by atoms with Crippen molar-refractivity contribution in [2.24, 2.45) is 9.98 Å². The first-order valence-electron chi connectivity index (χ1n) is 6.09. The average molecular weight is 393 g/mol. The van der Waals surface area contributed by atoms with Crippen molar-refractivity contribution in [1.29, 1.82) is 0 Å². The van der Waals surface area contributed by atoms with Crippen LogP contribution in [0.3, 0.4) is 0 Å². The molecule has 0 aromatic heterocycles. The van der Waals surface area contributed by atoms with Gasteiger partial charge in [-0.1, -0.05) is 36.4 Å². The zero-order valence-corrected chi connectivity index (χ0v) is 14.7. The summed E-state index contributed by atoms with van der Waals surface area (Å²) in [7, 11) is 4.49. The van der Waals surface area contributed by atoms with Gasteiger partial charge in [0, 0.05) is 0 Å². The van der Waals surface area contributed by atoms with E-state index in [9.17, 15) is 0 Å². The van der Waals surface area contributed by atoms with Gasteiger partial charge in [0.1, 0.15) is 0 Å². The number of halogens is 1. The minimum atomic E-state index is 0. The zero-order valence-electron chi connectivity index (χ0n) is 12.4. The van der Waals surface area contributed by atoms with E-state index in [-0.39, 0.29) is 7.43 Å². The van der Waals surface area contributed by atoms with E-state index in [0.29, 0.717) is 0 Å². The monoisotopic (exact) mass is 392 g/mol. The van der Waals surface area contributed by atoms with E-state index in [4.69, 9.17) is 0 Å². The molecule has 2 nitrogen and oxygen atoms in total. The van der Waals surface area contributed by atoms with Gasteiger partial charge in [0.15, 0.2) is 0 Å². The summed E-state index contributed by atoms with van der Waals surface area (Å²) in [6, 6.07) is 19.8. The number of para-hydroxylation sites is 2. The van der Waals surface area contributed by atoms with Gasteiger partial charge < -0.3 is 7.43 Å². The third-order valence-electron chi connectivity index (χ3n) is 2.63. The van der Waals surface area contributed by atoms with Crippen LogP contribution in [0.1, 0.15) is 13.8 Å². The minimum absolute atomic E-state index is 0. The molecule has 2 rings (SSSR count). The van der Waals surface area contributed by atoms with Gasteiger partial charge in [0.05, 0.1) is 22.8 Å². The summed E-state index contributed by atoms with van der Waals surface area (Å²) < 4.78 is 0. The van der Waals surface area contributed by atoms with Crippen molar-refractivity contribution in [2.75, 3.05) is 0 Å². The molecular formula is C17H19ClN2Pd. The predicted octanol–water partition coefficient (Wildman–Crippen LogP) is 5.71. The summed E-state index contributed by atoms with van der Waals surface area (Å²) in [5.74, 6) is 0. The van der Waals surface area contributed by atoms with E-state index in [2.05, 4.69) is 37.7 Å². The molecule has 0 spiro atoms. The number of rotatable bonds is 3. The van der Waals surface area contributed by atoms with Crippen LogP contribution in [-0.4, -0.2) is 11.4 Å². The molecule has 0 radical (unpaired) electrons. The average Bonchev–Trinajstić information content (AvgIpc) is 2.51. The summed E-state index contributed by atoms with van der Waals surface area (Å²) in [5.41, 5.74) is 3.78. The molecule has 0 aliphatic carbocycles. The first-order chi connectivity index (χ1) is 9.75. The van der Waals surface area contributed by atoms with Crippen molar-refractivity contribution in [2.45, 2.75) is 13.8 Å². The predicted molar refractivity (Wildman–Crippen MR) is 90.7 cm³/mol. The Hall–Kier alpha value is -1.27. The van der Waals surface area contributed by atoms with Gasteiger partial charge in [-0.25, -0.2) is 0 Å². The maximum absolute atomic E-state index is 4.54. The number of hydrogen-bond donors (Lipinski definition) is 0. The molecular weight excluding hydrogens is 374 g/mol. The Balaban J connectivity index is 0.00000128. The van der Waals surface area contributed by atoms with Crippen molar-refractivity contribution in [1.82, 2.24) is 0 Å². The normalized spacial score (nSPS) is 11.1. The number of nitrogens with zero attached hydrogens (tertiary/aromatic N) is 2. The zero-order chi connectivity index (χ0) is 14.8. The Kier molecular flexibility index (Phi) is 10.7. The third kappa shape index (κ3) is 7.34. The molecule has 0 N–H and O–H groups in total. The van der Waals surface area contributed by atoms with Gasteiger partial charge in [0.2, 0.25) is 0 Å². The van der Waals surface area contributed by atoms with Crippen LogP contribution in [0.15, 0.2) is 70.6 Å². The second-order valence-electron chi connectivity index (χ2n) is 4.07. The summed E-state index contributed by atoms with van der Waals surface area (Å²) in [5, 5.41) is 0. The summed E-state index contributed by atoms with van der Waals surface area (Å²) in [6.45, 7) is 3.96. The molecule has 0 bridgehead atoms. The van der Waals surface area contributed by atoms with Gasteiger partial charge >= 0.3 is 27.7 Å². The second-order valence-corrected chi connectivity index (χ2v) is 4.07. The van der Waals surface area contributed by atoms with Crippen molar-refractivity contribution < 1.29 is 18.2 Å². The van der Waals surface area contributed by atoms with Crippen molar-refractivity contribution in [3.8, 4) is 0 Å². The van der Waals surface area contributed by atoms with E-state index in [1.54, 1.807) is 0 Å². The molecule has 0 fully saturated rings. The van der Waals surface area contributed by atoms with Gasteiger partial charge in [-0.15, -0.1) is 0 Å². The number of aliphatic imine (C=N–C) groups is 2. The van der Waals surface area contributed by atoms with Crippen LogP contribution in [-0.2, 0) is 18.2 Å². The van der Waals surface area contributed by atoms with E-state index >= 15 is 0 Å². The van der Waals surface area contributed by atoms with Crippen molar-refractivity contribution in [3.63, 3.8) is 0 Å². The SMILES string of the molecule is CC(=Nc1ccccc1)C(C)=Nc1ccccc1.[CH3-].[Cl][Pd+]. The van der Waals surface area contributed by atoms with Gasteiger partial charge in [-0.2, -0.15) is 0 Å². The number of hydrogen-bond acceptors (Lipinski definition) is 2. The topological polar surface area (TPSA) is 24.7 Å². The molecule has 0 saturated heterocycles. The standard InChI is InChI=1S/C16H16N2.CH3.ClH.Pd/c1-13(17-15-9-5-3-6-10-15)14(2)18-16-11-7-4-8-12-16;;;/h3-12H,1-2H3;1H3;1H;/q;-1;;+2/p-1. The van der Waals surface area contributed by atoms with Crippen LogP contribution >= 0.6 is 9.53 Å². The van der Waals surface area contributed by atoms with Crippen LogP contribution in [0, 0.1) is 7.43 Å². The summed E-state index contributed by atoms with van der Waals surface area (Å²) in [6.07, 6.45) is 0. The molecule has 0 atom stereocenters. The fourth-order valence-electron chi connectivity index (χ4n) is 1.55. The second kappa shape index (κ2) is 11.4. The van der Waals surface area contributed by atoms with E-state index in [0.717, 1.165) is 22.8 Å². The Labute approximate surface area is 142 Å². The molecule has 4 heteroatoms. The van der Waals surface area contributed by atoms with E-state index in [1.165, 1.54) is 0 Å². The molecule has 0 unspecified atom stereocenters.